The normalized spacial score (nSPS) is 12.4. The molecule has 0 amide bonds. The number of nitriles is 1. The van der Waals surface area contributed by atoms with Gasteiger partial charge in [0.2, 0.25) is 0 Å². The van der Waals surface area contributed by atoms with Crippen LogP contribution in [0.1, 0.15) is 37.5 Å². The van der Waals surface area contributed by atoms with Crippen molar-refractivity contribution in [2.75, 3.05) is 0 Å². The standard InChI is InChI=1S/C15H13F3N2/c1-14(2,3)13-9(7-19)8-20-12-6-10(15(16,17)18)4-5-11(12)13/h4-6,8H,1-3H3. The molecular formula is C15H13F3N2. The first-order valence-electron chi connectivity index (χ1n) is 6.05. The molecule has 0 aliphatic heterocycles. The van der Waals surface area contributed by atoms with Gasteiger partial charge in [0, 0.05) is 11.6 Å². The third-order valence-corrected chi connectivity index (χ3v) is 3.07. The molecule has 1 heterocycles. The number of hydrogen-bond acceptors (Lipinski definition) is 2. The van der Waals surface area contributed by atoms with E-state index in [1.54, 1.807) is 0 Å². The second kappa shape index (κ2) is 4.48. The summed E-state index contributed by atoms with van der Waals surface area (Å²) in [6.45, 7) is 5.75. The number of benzene rings is 1. The summed E-state index contributed by atoms with van der Waals surface area (Å²) in [5, 5.41) is 9.74. The van der Waals surface area contributed by atoms with Gasteiger partial charge in [0.1, 0.15) is 6.07 Å². The summed E-state index contributed by atoms with van der Waals surface area (Å²) >= 11 is 0. The smallest absolute Gasteiger partial charge is 0.255 e. The SMILES string of the molecule is CC(C)(C)c1c(C#N)cnc2cc(C(F)(F)F)ccc12. The van der Waals surface area contributed by atoms with Gasteiger partial charge in [0.15, 0.2) is 0 Å². The molecule has 0 fully saturated rings. The second-order valence-electron chi connectivity index (χ2n) is 5.64. The largest absolute Gasteiger partial charge is 0.416 e. The van der Waals surface area contributed by atoms with Gasteiger partial charge in [-0.05, 0) is 23.1 Å². The Kier molecular flexibility index (Phi) is 3.21. The van der Waals surface area contributed by atoms with Crippen molar-refractivity contribution >= 4 is 10.9 Å². The van der Waals surface area contributed by atoms with Crippen molar-refractivity contribution in [3.05, 3.63) is 41.1 Å². The maximum Gasteiger partial charge on any atom is 0.416 e. The number of pyridine rings is 1. The molecule has 2 nitrogen and oxygen atoms in total. The van der Waals surface area contributed by atoms with Crippen LogP contribution < -0.4 is 0 Å². The second-order valence-corrected chi connectivity index (χ2v) is 5.64. The fraction of sp³-hybridized carbons (Fsp3) is 0.333. The third-order valence-electron chi connectivity index (χ3n) is 3.07. The number of rotatable bonds is 0. The van der Waals surface area contributed by atoms with E-state index in [1.165, 1.54) is 12.3 Å². The van der Waals surface area contributed by atoms with Crippen molar-refractivity contribution in [3.63, 3.8) is 0 Å². The van der Waals surface area contributed by atoms with Crippen molar-refractivity contribution in [3.8, 4) is 6.07 Å². The van der Waals surface area contributed by atoms with Crippen molar-refractivity contribution < 1.29 is 13.2 Å². The van der Waals surface area contributed by atoms with Crippen LogP contribution in [0, 0.1) is 11.3 Å². The van der Waals surface area contributed by atoms with Crippen LogP contribution in [0.5, 0.6) is 0 Å². The predicted octanol–water partition coefficient (Wildman–Crippen LogP) is 4.42. The van der Waals surface area contributed by atoms with E-state index in [9.17, 15) is 13.2 Å². The van der Waals surface area contributed by atoms with Gasteiger partial charge in [0.05, 0.1) is 16.6 Å². The molecular weight excluding hydrogens is 265 g/mol. The van der Waals surface area contributed by atoms with Crippen LogP contribution in [0.3, 0.4) is 0 Å². The van der Waals surface area contributed by atoms with Gasteiger partial charge in [-0.1, -0.05) is 26.8 Å². The lowest BCUT2D eigenvalue weighted by Crippen LogP contribution is -2.15. The Morgan fingerprint density at radius 3 is 2.30 bits per heavy atom. The Bertz CT molecular complexity index is 704. The van der Waals surface area contributed by atoms with Gasteiger partial charge in [0.25, 0.3) is 0 Å². The molecule has 0 unspecified atom stereocenters. The average molecular weight is 278 g/mol. The first kappa shape index (κ1) is 14.3. The minimum atomic E-state index is -4.40. The highest BCUT2D eigenvalue weighted by Gasteiger charge is 2.31. The lowest BCUT2D eigenvalue weighted by Gasteiger charge is -2.22. The summed E-state index contributed by atoms with van der Waals surface area (Å²) in [6.07, 6.45) is -3.06. The molecule has 0 aliphatic carbocycles. The van der Waals surface area contributed by atoms with E-state index in [0.717, 1.165) is 17.7 Å². The number of nitrogens with zero attached hydrogens (tertiary/aromatic N) is 2. The van der Waals surface area contributed by atoms with Crippen LogP contribution in [0.25, 0.3) is 10.9 Å². The van der Waals surface area contributed by atoms with E-state index in [1.807, 2.05) is 20.8 Å². The topological polar surface area (TPSA) is 36.7 Å². The maximum absolute atomic E-state index is 12.7. The Morgan fingerprint density at radius 2 is 1.80 bits per heavy atom. The van der Waals surface area contributed by atoms with E-state index in [4.69, 9.17) is 5.26 Å². The molecule has 0 radical (unpaired) electrons. The van der Waals surface area contributed by atoms with E-state index in [-0.39, 0.29) is 10.9 Å². The number of aromatic nitrogens is 1. The highest BCUT2D eigenvalue weighted by atomic mass is 19.4. The molecule has 0 saturated heterocycles. The average Bonchev–Trinajstić information content (AvgIpc) is 2.34. The minimum Gasteiger partial charge on any atom is -0.255 e. The molecule has 0 atom stereocenters. The van der Waals surface area contributed by atoms with Crippen molar-refractivity contribution in [2.24, 2.45) is 0 Å². The predicted molar refractivity (Wildman–Crippen MR) is 70.2 cm³/mol. The molecule has 1 aromatic carbocycles. The molecule has 0 saturated carbocycles. The molecule has 0 aliphatic rings. The van der Waals surface area contributed by atoms with E-state index in [0.29, 0.717) is 10.9 Å². The Morgan fingerprint density at radius 1 is 1.15 bits per heavy atom. The van der Waals surface area contributed by atoms with E-state index >= 15 is 0 Å². The lowest BCUT2D eigenvalue weighted by atomic mass is 9.82. The number of halogens is 3. The first-order valence-corrected chi connectivity index (χ1v) is 6.05. The van der Waals surface area contributed by atoms with Crippen LogP contribution in [-0.4, -0.2) is 4.98 Å². The summed E-state index contributed by atoms with van der Waals surface area (Å²) in [5.41, 5.74) is 0.278. The summed E-state index contributed by atoms with van der Waals surface area (Å²) in [7, 11) is 0. The molecule has 5 heteroatoms. The lowest BCUT2D eigenvalue weighted by molar-refractivity contribution is -0.137. The van der Waals surface area contributed by atoms with E-state index < -0.39 is 11.7 Å². The molecule has 20 heavy (non-hydrogen) atoms. The van der Waals surface area contributed by atoms with E-state index in [2.05, 4.69) is 11.1 Å². The summed E-state index contributed by atoms with van der Waals surface area (Å²) in [5.74, 6) is 0. The Labute approximate surface area is 114 Å². The number of hydrogen-bond donors (Lipinski definition) is 0. The van der Waals surface area contributed by atoms with Crippen LogP contribution in [0.2, 0.25) is 0 Å². The molecule has 1 aromatic heterocycles. The van der Waals surface area contributed by atoms with Gasteiger partial charge in [-0.2, -0.15) is 18.4 Å². The van der Waals surface area contributed by atoms with Crippen molar-refractivity contribution in [1.82, 2.24) is 4.98 Å². The third kappa shape index (κ3) is 2.46. The summed E-state index contributed by atoms with van der Waals surface area (Å²) in [6, 6.07) is 5.50. The zero-order chi connectivity index (χ0) is 15.1. The quantitative estimate of drug-likeness (QED) is 0.715. The molecule has 0 spiro atoms. The summed E-state index contributed by atoms with van der Waals surface area (Å²) < 4.78 is 38.1. The van der Waals surface area contributed by atoms with Crippen LogP contribution in [0.15, 0.2) is 24.4 Å². The maximum atomic E-state index is 12.7. The zero-order valence-electron chi connectivity index (χ0n) is 11.3. The molecule has 2 rings (SSSR count). The van der Waals surface area contributed by atoms with Crippen LogP contribution >= 0.6 is 0 Å². The zero-order valence-corrected chi connectivity index (χ0v) is 11.3. The fourth-order valence-corrected chi connectivity index (χ4v) is 2.26. The monoisotopic (exact) mass is 278 g/mol. The van der Waals surface area contributed by atoms with Gasteiger partial charge in [-0.25, -0.2) is 0 Å². The first-order chi connectivity index (χ1) is 9.14. The van der Waals surface area contributed by atoms with Gasteiger partial charge >= 0.3 is 6.18 Å². The van der Waals surface area contributed by atoms with Gasteiger partial charge < -0.3 is 0 Å². The number of fused-ring (bicyclic) bond motifs is 1. The van der Waals surface area contributed by atoms with Crippen LogP contribution in [0.4, 0.5) is 13.2 Å². The van der Waals surface area contributed by atoms with Gasteiger partial charge in [-0.3, -0.25) is 4.98 Å². The van der Waals surface area contributed by atoms with Gasteiger partial charge in [-0.15, -0.1) is 0 Å². The summed E-state index contributed by atoms with van der Waals surface area (Å²) in [4.78, 5) is 3.98. The fourth-order valence-electron chi connectivity index (χ4n) is 2.26. The molecule has 104 valence electrons. The number of alkyl halides is 3. The molecule has 0 N–H and O–H groups in total. The van der Waals surface area contributed by atoms with Crippen molar-refractivity contribution in [2.45, 2.75) is 32.4 Å². The highest BCUT2D eigenvalue weighted by molar-refractivity contribution is 5.85. The minimum absolute atomic E-state index is 0.253. The Balaban J connectivity index is 2.81. The van der Waals surface area contributed by atoms with Crippen molar-refractivity contribution in [1.29, 1.82) is 5.26 Å². The molecule has 0 bridgehead atoms. The Hall–Kier alpha value is -2.09. The van der Waals surface area contributed by atoms with Crippen LogP contribution in [-0.2, 0) is 11.6 Å². The highest BCUT2D eigenvalue weighted by Crippen LogP contribution is 2.35. The molecule has 2 aromatic rings.